The van der Waals surface area contributed by atoms with Crippen LogP contribution in [0.3, 0.4) is 0 Å². The minimum absolute atomic E-state index is 0.0943. The molecule has 0 bridgehead atoms. The van der Waals surface area contributed by atoms with Crippen molar-refractivity contribution < 1.29 is 19.1 Å². The van der Waals surface area contributed by atoms with E-state index >= 15 is 0 Å². The molecule has 0 fully saturated rings. The second kappa shape index (κ2) is 7.51. The third-order valence-electron chi connectivity index (χ3n) is 3.01. The van der Waals surface area contributed by atoms with Gasteiger partial charge in [-0.2, -0.15) is 5.10 Å². The Morgan fingerprint density at radius 1 is 1.29 bits per heavy atom. The third kappa shape index (κ3) is 3.65. The number of ether oxygens (including phenoxy) is 2. The first-order valence-corrected chi connectivity index (χ1v) is 6.85. The van der Waals surface area contributed by atoms with Crippen molar-refractivity contribution in [3.8, 4) is 0 Å². The van der Waals surface area contributed by atoms with Crippen LogP contribution in [-0.2, 0) is 20.8 Å². The normalized spacial score (nSPS) is 10.3. The summed E-state index contributed by atoms with van der Waals surface area (Å²) in [7, 11) is 1.27. The molecule has 0 atom stereocenters. The fraction of sp³-hybridized carbons (Fsp3) is 0.615. The van der Waals surface area contributed by atoms with Crippen LogP contribution in [-0.4, -0.2) is 48.5 Å². The van der Waals surface area contributed by atoms with Crippen LogP contribution in [0.2, 0.25) is 0 Å². The summed E-state index contributed by atoms with van der Waals surface area (Å²) < 4.78 is 10.9. The Morgan fingerprint density at radius 3 is 2.38 bits per heavy atom. The number of esters is 2. The average molecular weight is 298 g/mol. The molecule has 1 heterocycles. The number of methoxy groups -OCH3 is 1. The molecule has 0 unspecified atom stereocenters. The zero-order chi connectivity index (χ0) is 16.0. The van der Waals surface area contributed by atoms with Gasteiger partial charge in [0.1, 0.15) is 17.9 Å². The second-order valence-corrected chi connectivity index (χ2v) is 4.21. The van der Waals surface area contributed by atoms with Gasteiger partial charge in [0, 0.05) is 13.1 Å². The highest BCUT2D eigenvalue weighted by atomic mass is 16.5. The molecule has 21 heavy (non-hydrogen) atoms. The molecule has 0 radical (unpaired) electrons. The maximum Gasteiger partial charge on any atom is 0.345 e. The molecule has 8 heteroatoms. The van der Waals surface area contributed by atoms with Crippen LogP contribution in [0.15, 0.2) is 0 Å². The maximum absolute atomic E-state index is 11.9. The molecular formula is C13H22N4O4. The van der Waals surface area contributed by atoms with Gasteiger partial charge in [-0.15, -0.1) is 0 Å². The summed E-state index contributed by atoms with van der Waals surface area (Å²) in [6.07, 6.45) is 0. The van der Waals surface area contributed by atoms with Crippen molar-refractivity contribution in [1.29, 1.82) is 0 Å². The molecule has 0 saturated heterocycles. The molecular weight excluding hydrogens is 276 g/mol. The number of aromatic nitrogens is 2. The standard InChI is InChI=1S/C13H22N4O4/c1-5-16(6-2)12-10(13(19)20-4)11(14)17(15-12)8-9(18)21-7-3/h5-8,14H2,1-4H3. The van der Waals surface area contributed by atoms with E-state index in [4.69, 9.17) is 15.2 Å². The van der Waals surface area contributed by atoms with Crippen molar-refractivity contribution in [3.05, 3.63) is 5.56 Å². The van der Waals surface area contributed by atoms with E-state index in [1.807, 2.05) is 18.7 Å². The Bertz CT molecular complexity index is 509. The minimum Gasteiger partial charge on any atom is -0.465 e. The molecule has 0 spiro atoms. The highest BCUT2D eigenvalue weighted by Crippen LogP contribution is 2.26. The maximum atomic E-state index is 11.9. The van der Waals surface area contributed by atoms with Gasteiger partial charge in [0.15, 0.2) is 5.82 Å². The Morgan fingerprint density at radius 2 is 1.90 bits per heavy atom. The van der Waals surface area contributed by atoms with Crippen molar-refractivity contribution in [2.75, 3.05) is 37.4 Å². The zero-order valence-corrected chi connectivity index (χ0v) is 12.9. The van der Waals surface area contributed by atoms with E-state index in [2.05, 4.69) is 5.10 Å². The number of anilines is 2. The largest absolute Gasteiger partial charge is 0.465 e. The van der Waals surface area contributed by atoms with Gasteiger partial charge in [0.25, 0.3) is 0 Å². The van der Waals surface area contributed by atoms with Crippen molar-refractivity contribution >= 4 is 23.6 Å². The van der Waals surface area contributed by atoms with Crippen LogP contribution < -0.4 is 10.6 Å². The highest BCUT2D eigenvalue weighted by molar-refractivity contribution is 6.00. The van der Waals surface area contributed by atoms with Crippen molar-refractivity contribution in [3.63, 3.8) is 0 Å². The van der Waals surface area contributed by atoms with Gasteiger partial charge < -0.3 is 20.1 Å². The van der Waals surface area contributed by atoms with E-state index in [0.717, 1.165) is 0 Å². The molecule has 8 nitrogen and oxygen atoms in total. The third-order valence-corrected chi connectivity index (χ3v) is 3.01. The molecule has 0 aliphatic rings. The van der Waals surface area contributed by atoms with Crippen LogP contribution in [0, 0.1) is 0 Å². The SMILES string of the molecule is CCOC(=O)Cn1nc(N(CC)CC)c(C(=O)OC)c1N. The first-order chi connectivity index (χ1) is 9.99. The fourth-order valence-electron chi connectivity index (χ4n) is 1.95. The van der Waals surface area contributed by atoms with Gasteiger partial charge in [-0.3, -0.25) is 4.79 Å². The number of carbonyl (C=O) groups is 2. The molecule has 0 aromatic carbocycles. The average Bonchev–Trinajstić information content (AvgIpc) is 2.77. The number of carbonyl (C=O) groups excluding carboxylic acids is 2. The number of nitrogens with two attached hydrogens (primary N) is 1. The summed E-state index contributed by atoms with van der Waals surface area (Å²) in [5.41, 5.74) is 6.11. The van der Waals surface area contributed by atoms with Crippen LogP contribution in [0.1, 0.15) is 31.1 Å². The highest BCUT2D eigenvalue weighted by Gasteiger charge is 2.26. The van der Waals surface area contributed by atoms with E-state index in [0.29, 0.717) is 18.9 Å². The zero-order valence-electron chi connectivity index (χ0n) is 12.9. The van der Waals surface area contributed by atoms with Crippen molar-refractivity contribution in [2.45, 2.75) is 27.3 Å². The lowest BCUT2D eigenvalue weighted by molar-refractivity contribution is -0.144. The first-order valence-electron chi connectivity index (χ1n) is 6.85. The summed E-state index contributed by atoms with van der Waals surface area (Å²) in [6, 6.07) is 0. The molecule has 0 amide bonds. The minimum atomic E-state index is -0.579. The van der Waals surface area contributed by atoms with E-state index in [-0.39, 0.29) is 24.5 Å². The molecule has 0 saturated carbocycles. The topological polar surface area (TPSA) is 99.7 Å². The van der Waals surface area contributed by atoms with Gasteiger partial charge >= 0.3 is 11.9 Å². The Balaban J connectivity index is 3.23. The molecule has 118 valence electrons. The summed E-state index contributed by atoms with van der Waals surface area (Å²) in [6.45, 7) is 7.01. The second-order valence-electron chi connectivity index (χ2n) is 4.21. The van der Waals surface area contributed by atoms with Crippen LogP contribution >= 0.6 is 0 Å². The monoisotopic (exact) mass is 298 g/mol. The Hall–Kier alpha value is -2.25. The van der Waals surface area contributed by atoms with Gasteiger partial charge in [-0.25, -0.2) is 9.48 Å². The molecule has 1 rings (SSSR count). The number of rotatable bonds is 7. The molecule has 0 aliphatic heterocycles. The quantitative estimate of drug-likeness (QED) is 0.738. The molecule has 1 aromatic heterocycles. The Kier molecular flexibility index (Phi) is 6.01. The van der Waals surface area contributed by atoms with E-state index in [1.54, 1.807) is 6.92 Å². The number of hydrogen-bond acceptors (Lipinski definition) is 7. The van der Waals surface area contributed by atoms with E-state index in [1.165, 1.54) is 11.8 Å². The van der Waals surface area contributed by atoms with E-state index < -0.39 is 11.9 Å². The van der Waals surface area contributed by atoms with Crippen LogP contribution in [0.4, 0.5) is 11.6 Å². The van der Waals surface area contributed by atoms with Gasteiger partial charge in [-0.05, 0) is 20.8 Å². The van der Waals surface area contributed by atoms with Crippen molar-refractivity contribution in [2.24, 2.45) is 0 Å². The molecule has 0 aliphatic carbocycles. The lowest BCUT2D eigenvalue weighted by Crippen LogP contribution is -2.24. The molecule has 2 N–H and O–H groups in total. The molecule has 1 aromatic rings. The number of hydrogen-bond donors (Lipinski definition) is 1. The smallest absolute Gasteiger partial charge is 0.345 e. The van der Waals surface area contributed by atoms with Gasteiger partial charge in [0.2, 0.25) is 0 Å². The van der Waals surface area contributed by atoms with Crippen molar-refractivity contribution in [1.82, 2.24) is 9.78 Å². The summed E-state index contributed by atoms with van der Waals surface area (Å²) in [4.78, 5) is 25.3. The Labute approximate surface area is 123 Å². The summed E-state index contributed by atoms with van der Waals surface area (Å²) >= 11 is 0. The predicted octanol–water partition coefficient (Wildman–Crippen LogP) is 0.661. The fourth-order valence-corrected chi connectivity index (χ4v) is 1.95. The van der Waals surface area contributed by atoms with E-state index in [9.17, 15) is 9.59 Å². The lowest BCUT2D eigenvalue weighted by Gasteiger charge is -2.18. The van der Waals surface area contributed by atoms with Gasteiger partial charge in [0.05, 0.1) is 13.7 Å². The lowest BCUT2D eigenvalue weighted by atomic mass is 10.2. The summed E-state index contributed by atoms with van der Waals surface area (Å²) in [5, 5.41) is 4.26. The van der Waals surface area contributed by atoms with Crippen LogP contribution in [0.5, 0.6) is 0 Å². The predicted molar refractivity (Wildman–Crippen MR) is 78.2 cm³/mol. The number of nitrogen functional groups attached to an aromatic ring is 1. The van der Waals surface area contributed by atoms with Gasteiger partial charge in [-0.1, -0.05) is 0 Å². The number of nitrogens with zero attached hydrogens (tertiary/aromatic N) is 3. The van der Waals surface area contributed by atoms with Crippen LogP contribution in [0.25, 0.3) is 0 Å². The summed E-state index contributed by atoms with van der Waals surface area (Å²) in [5.74, 6) is -0.538. The first kappa shape index (κ1) is 16.8.